The molecule has 25 heteroatoms. The van der Waals surface area contributed by atoms with Gasteiger partial charge >= 0.3 is 43.0 Å². The van der Waals surface area contributed by atoms with Gasteiger partial charge in [0.25, 0.3) is 0 Å². The van der Waals surface area contributed by atoms with Gasteiger partial charge in [-0.15, -0.1) is 40.5 Å². The number of hydrogen-bond acceptors (Lipinski definition) is 18. The van der Waals surface area contributed by atoms with E-state index in [4.69, 9.17) is 30.6 Å². The van der Waals surface area contributed by atoms with E-state index in [1.165, 1.54) is 0 Å². The molecule has 0 saturated carbocycles. The maximum atomic E-state index is 9.83. The third-order valence-electron chi connectivity index (χ3n) is 0.745. The van der Waals surface area contributed by atoms with Crippen LogP contribution in [0, 0.1) is 71.1 Å². The molecule has 0 amide bonds. The zero-order valence-electron chi connectivity index (χ0n) is 10.8. The molecule has 0 atom stereocenters. The molecule has 152 valence electrons. The topological polar surface area (TPSA) is 342 Å². The molecule has 0 aromatic rings. The minimum Gasteiger partial charge on any atom is -0.356 e. The summed E-state index contributed by atoms with van der Waals surface area (Å²) in [6.45, 7) is 0. The van der Waals surface area contributed by atoms with Crippen molar-refractivity contribution in [2.75, 3.05) is 0 Å². The molecule has 0 aromatic heterocycles. The Morgan fingerprint density at radius 1 is 0.462 bits per heavy atom. The Morgan fingerprint density at radius 3 is 0.654 bits per heavy atom. The number of nitrogens with zero attached hydrogens (tertiary/aromatic N) is 6. The first-order chi connectivity index (χ1) is 11.1. The third kappa shape index (κ3) is 27.9. The van der Waals surface area contributed by atoms with E-state index in [1.54, 1.807) is 0 Å². The molecule has 0 aliphatic carbocycles. The fraction of sp³-hybridized carbons (Fsp3) is 1.00. The summed E-state index contributed by atoms with van der Waals surface area (Å²) in [5.74, 6) is 0. The van der Waals surface area contributed by atoms with Crippen LogP contribution in [0.5, 0.6) is 0 Å². The van der Waals surface area contributed by atoms with Gasteiger partial charge in [-0.2, -0.15) is 0 Å². The Balaban J connectivity index is -0.000000226. The second-order valence-corrected chi connectivity index (χ2v) is 2.21. The monoisotopic (exact) mass is 442 g/mol. The van der Waals surface area contributed by atoms with E-state index < -0.39 is 36.7 Å². The summed E-state index contributed by atoms with van der Waals surface area (Å²) in [4.78, 5) is 68.2. The largest absolute Gasteiger partial charge is 2.00 e. The summed E-state index contributed by atoms with van der Waals surface area (Å²) in [7, 11) is 0. The standard InChI is InChI=1S/CN4O12.2NO3.Ni/c6-2(7)14-1(15-3(8)9,16-4(10)11)17-5(12)13;2*2-1(3)4;/q;2*-1;+2. The Kier molecular flexibility index (Phi) is 16.3. The average molecular weight is 443 g/mol. The molecule has 0 bridgehead atoms. The van der Waals surface area contributed by atoms with Gasteiger partial charge in [0.15, 0.2) is 0 Å². The van der Waals surface area contributed by atoms with E-state index in [-0.39, 0.29) is 16.5 Å². The maximum absolute atomic E-state index is 9.83. The molecule has 0 aliphatic heterocycles. The van der Waals surface area contributed by atoms with Crippen LogP contribution >= 0.6 is 0 Å². The molecule has 0 saturated heterocycles. The van der Waals surface area contributed by atoms with Crippen molar-refractivity contribution >= 4 is 0 Å². The van der Waals surface area contributed by atoms with Crippen molar-refractivity contribution in [3.05, 3.63) is 71.1 Å². The van der Waals surface area contributed by atoms with E-state index in [9.17, 15) is 40.5 Å². The van der Waals surface area contributed by atoms with Crippen molar-refractivity contribution in [2.45, 2.75) is 6.16 Å². The average Bonchev–Trinajstić information content (AvgIpc) is 2.20. The molecule has 0 rings (SSSR count). The second-order valence-electron chi connectivity index (χ2n) is 2.21. The second kappa shape index (κ2) is 14.3. The minimum absolute atomic E-state index is 0. The summed E-state index contributed by atoms with van der Waals surface area (Å²) >= 11 is 0. The third-order valence-corrected chi connectivity index (χ3v) is 0.745. The van der Waals surface area contributed by atoms with Crippen LogP contribution < -0.4 is 0 Å². The van der Waals surface area contributed by atoms with Crippen LogP contribution in [0.2, 0.25) is 0 Å². The van der Waals surface area contributed by atoms with Gasteiger partial charge in [-0.25, -0.2) is 19.4 Å². The first-order valence-electron chi connectivity index (χ1n) is 4.10. The van der Waals surface area contributed by atoms with Crippen LogP contribution in [0.4, 0.5) is 0 Å². The summed E-state index contributed by atoms with van der Waals surface area (Å²) in [5.41, 5.74) is 0. The fourth-order valence-corrected chi connectivity index (χ4v) is 0.465. The van der Waals surface area contributed by atoms with Gasteiger partial charge in [-0.3, -0.25) is 0 Å². The van der Waals surface area contributed by atoms with Crippen LogP contribution in [0.15, 0.2) is 0 Å². The summed E-state index contributed by atoms with van der Waals surface area (Å²) in [5, 5.41) is 61.2. The van der Waals surface area contributed by atoms with E-state index in [1.807, 2.05) is 0 Å². The summed E-state index contributed by atoms with van der Waals surface area (Å²) < 4.78 is 0. The quantitative estimate of drug-likeness (QED) is 0.168. The SMILES string of the molecule is O=[N+]([O-])OC(O[N+](=O)[O-])(O[N+](=O)[O-])O[N+](=O)[O-].O=[N+]([O-])[O-].O=[N+]([O-])[O-].[Ni+2]. The van der Waals surface area contributed by atoms with E-state index in [0.717, 1.165) is 0 Å². The number of rotatable bonds is 8. The fourth-order valence-electron chi connectivity index (χ4n) is 0.465. The van der Waals surface area contributed by atoms with E-state index in [0.29, 0.717) is 0 Å². The van der Waals surface area contributed by atoms with Crippen molar-refractivity contribution in [1.29, 1.82) is 0 Å². The molecule has 0 aromatic carbocycles. The van der Waals surface area contributed by atoms with Crippen LogP contribution in [0.3, 0.4) is 0 Å². The van der Waals surface area contributed by atoms with Crippen LogP contribution in [-0.2, 0) is 35.8 Å². The first-order valence-corrected chi connectivity index (χ1v) is 4.10. The van der Waals surface area contributed by atoms with Gasteiger partial charge < -0.3 is 30.6 Å². The molecular weight excluding hydrogens is 443 g/mol. The van der Waals surface area contributed by atoms with E-state index in [2.05, 4.69) is 19.4 Å². The molecule has 0 N–H and O–H groups in total. The van der Waals surface area contributed by atoms with Gasteiger partial charge in [-0.1, -0.05) is 0 Å². The van der Waals surface area contributed by atoms with Gasteiger partial charge in [0.05, 0.1) is 10.2 Å². The van der Waals surface area contributed by atoms with Crippen molar-refractivity contribution in [3.63, 3.8) is 0 Å². The normalized spacial score (nSPS) is 8.31. The molecule has 0 unspecified atom stereocenters. The van der Waals surface area contributed by atoms with Crippen molar-refractivity contribution in [3.8, 4) is 0 Å². The Bertz CT molecular complexity index is 424. The van der Waals surface area contributed by atoms with Crippen LogP contribution in [0.1, 0.15) is 0 Å². The summed E-state index contributed by atoms with van der Waals surface area (Å²) in [6, 6.07) is 0. The molecule has 0 radical (unpaired) electrons. The molecule has 0 heterocycles. The first kappa shape index (κ1) is 29.7. The minimum atomic E-state index is -4.21. The molecule has 0 spiro atoms. The summed E-state index contributed by atoms with van der Waals surface area (Å²) in [6.07, 6.45) is -4.21. The van der Waals surface area contributed by atoms with Gasteiger partial charge in [-0.05, 0) is 0 Å². The van der Waals surface area contributed by atoms with Gasteiger partial charge in [0, 0.05) is 0 Å². The zero-order valence-corrected chi connectivity index (χ0v) is 11.8. The Morgan fingerprint density at radius 2 is 0.577 bits per heavy atom. The Labute approximate surface area is 144 Å². The maximum Gasteiger partial charge on any atom is 2.00 e. The predicted octanol–water partition coefficient (Wildman–Crippen LogP) is -2.05. The van der Waals surface area contributed by atoms with Crippen LogP contribution in [0.25, 0.3) is 0 Å². The van der Waals surface area contributed by atoms with Crippen molar-refractivity contribution in [1.82, 2.24) is 0 Å². The molecule has 26 heavy (non-hydrogen) atoms. The van der Waals surface area contributed by atoms with Crippen molar-refractivity contribution in [2.24, 2.45) is 0 Å². The molecular formula is CN6NiO18. The zero-order chi connectivity index (χ0) is 20.8. The predicted molar refractivity (Wildman–Crippen MR) is 55.8 cm³/mol. The Hall–Kier alpha value is -4.31. The van der Waals surface area contributed by atoms with Crippen molar-refractivity contribution < 1.29 is 66.4 Å². The molecule has 0 fully saturated rings. The number of hydrogen-bond donors (Lipinski definition) is 0. The van der Waals surface area contributed by atoms with Gasteiger partial charge in [0.1, 0.15) is 0 Å². The smallest absolute Gasteiger partial charge is 0.356 e. The van der Waals surface area contributed by atoms with Gasteiger partial charge in [0.2, 0.25) is 0 Å². The molecule has 0 aliphatic rings. The van der Waals surface area contributed by atoms with Crippen LogP contribution in [-0.4, -0.2) is 36.7 Å². The van der Waals surface area contributed by atoms with E-state index >= 15 is 0 Å². The molecule has 24 nitrogen and oxygen atoms in total.